The minimum Gasteiger partial charge on any atom is -0.323 e. The van der Waals surface area contributed by atoms with E-state index < -0.39 is 17.6 Å². The van der Waals surface area contributed by atoms with Crippen molar-refractivity contribution in [1.29, 1.82) is 0 Å². The number of hydrogen-bond donors (Lipinski definition) is 1. The van der Waals surface area contributed by atoms with E-state index in [1.54, 1.807) is 0 Å². The van der Waals surface area contributed by atoms with Crippen LogP contribution in [-0.4, -0.2) is 26.4 Å². The number of halogens is 3. The number of amides is 1. The zero-order valence-corrected chi connectivity index (χ0v) is 16.2. The Morgan fingerprint density at radius 3 is 2.57 bits per heavy atom. The van der Waals surface area contributed by atoms with E-state index in [9.17, 15) is 18.0 Å². The van der Waals surface area contributed by atoms with Gasteiger partial charge in [-0.15, -0.1) is 11.8 Å². The summed E-state index contributed by atoms with van der Waals surface area (Å²) < 4.78 is 40.7. The molecule has 4 aromatic rings. The molecule has 30 heavy (non-hydrogen) atoms. The molecule has 1 heterocycles. The van der Waals surface area contributed by atoms with Gasteiger partial charge in [0.1, 0.15) is 12.7 Å². The summed E-state index contributed by atoms with van der Waals surface area (Å²) in [5, 5.41) is 8.65. The highest BCUT2D eigenvalue weighted by molar-refractivity contribution is 8.00. The fourth-order valence-corrected chi connectivity index (χ4v) is 3.68. The van der Waals surface area contributed by atoms with Crippen LogP contribution in [0.3, 0.4) is 0 Å². The fraction of sp³-hybridized carbons (Fsp3) is 0.0952. The van der Waals surface area contributed by atoms with Crippen molar-refractivity contribution in [2.24, 2.45) is 0 Å². The average molecular weight is 428 g/mol. The number of aromatic nitrogens is 3. The van der Waals surface area contributed by atoms with E-state index in [0.29, 0.717) is 5.69 Å². The van der Waals surface area contributed by atoms with Crippen molar-refractivity contribution >= 4 is 34.1 Å². The summed E-state index contributed by atoms with van der Waals surface area (Å²) >= 11 is 1.31. The molecule has 0 radical (unpaired) electrons. The maximum absolute atomic E-state index is 13.1. The maximum Gasteiger partial charge on any atom is 0.416 e. The Morgan fingerprint density at radius 1 is 1.03 bits per heavy atom. The lowest BCUT2D eigenvalue weighted by Gasteiger charge is -2.14. The Labute approximate surface area is 173 Å². The van der Waals surface area contributed by atoms with Gasteiger partial charge in [-0.25, -0.2) is 9.67 Å². The van der Waals surface area contributed by atoms with Crippen LogP contribution in [0, 0.1) is 0 Å². The minimum atomic E-state index is -4.53. The number of thioether (sulfide) groups is 1. The lowest BCUT2D eigenvalue weighted by atomic mass is 10.1. The summed E-state index contributed by atoms with van der Waals surface area (Å²) in [6.07, 6.45) is -1.92. The second kappa shape index (κ2) is 8.19. The van der Waals surface area contributed by atoms with Crippen LogP contribution in [0.5, 0.6) is 0 Å². The molecule has 3 aromatic carbocycles. The molecule has 0 spiro atoms. The van der Waals surface area contributed by atoms with Gasteiger partial charge in [0.15, 0.2) is 0 Å². The van der Waals surface area contributed by atoms with E-state index in [1.807, 2.05) is 42.5 Å². The molecule has 0 aliphatic rings. The van der Waals surface area contributed by atoms with Crippen LogP contribution >= 0.6 is 11.8 Å². The number of fused-ring (bicyclic) bond motifs is 1. The summed E-state index contributed by atoms with van der Waals surface area (Å²) in [6.45, 7) is 0. The Hall–Kier alpha value is -3.33. The molecule has 1 aromatic heterocycles. The molecular formula is C21H15F3N4OS. The highest BCUT2D eigenvalue weighted by Crippen LogP contribution is 2.33. The number of carbonyl (C=O) groups excluding carboxylic acids is 1. The second-order valence-electron chi connectivity index (χ2n) is 6.42. The monoisotopic (exact) mass is 428 g/mol. The molecule has 9 heteroatoms. The molecule has 0 aliphatic carbocycles. The molecule has 5 nitrogen and oxygen atoms in total. The molecule has 0 saturated heterocycles. The molecule has 1 N–H and O–H groups in total. The summed E-state index contributed by atoms with van der Waals surface area (Å²) in [5.41, 5.74) is -0.548. The van der Waals surface area contributed by atoms with Crippen molar-refractivity contribution in [3.05, 3.63) is 78.9 Å². The number of nitrogens with one attached hydrogen (secondary N) is 1. The van der Waals surface area contributed by atoms with Gasteiger partial charge in [-0.05, 0) is 41.1 Å². The molecule has 0 fully saturated rings. The minimum absolute atomic E-state index is 0.0134. The normalized spacial score (nSPS) is 11.6. The van der Waals surface area contributed by atoms with Crippen LogP contribution in [-0.2, 0) is 11.0 Å². The lowest BCUT2D eigenvalue weighted by Crippen LogP contribution is -2.17. The van der Waals surface area contributed by atoms with Gasteiger partial charge in [0.25, 0.3) is 0 Å². The van der Waals surface area contributed by atoms with Crippen LogP contribution in [0.1, 0.15) is 5.56 Å². The van der Waals surface area contributed by atoms with Crippen molar-refractivity contribution in [1.82, 2.24) is 14.8 Å². The molecular weight excluding hydrogens is 413 g/mol. The third-order valence-corrected chi connectivity index (χ3v) is 5.35. The van der Waals surface area contributed by atoms with Gasteiger partial charge < -0.3 is 5.32 Å². The van der Waals surface area contributed by atoms with Gasteiger partial charge in [-0.1, -0.05) is 30.3 Å². The van der Waals surface area contributed by atoms with Crippen molar-refractivity contribution in [2.75, 3.05) is 11.1 Å². The van der Waals surface area contributed by atoms with Crippen LogP contribution in [0.15, 0.2) is 78.2 Å². The third kappa shape index (κ3) is 4.46. The molecule has 0 unspecified atom stereocenters. The summed E-state index contributed by atoms with van der Waals surface area (Å²) in [7, 11) is 0. The smallest absolute Gasteiger partial charge is 0.323 e. The predicted molar refractivity (Wildman–Crippen MR) is 110 cm³/mol. The molecule has 0 bridgehead atoms. The number of hydrogen-bond acceptors (Lipinski definition) is 4. The van der Waals surface area contributed by atoms with E-state index in [2.05, 4.69) is 15.4 Å². The first-order valence-corrected chi connectivity index (χ1v) is 9.86. The van der Waals surface area contributed by atoms with Crippen LogP contribution in [0.25, 0.3) is 16.5 Å². The SMILES string of the molecule is O=C(CSc1ccc2ccccc2c1)Nc1cc(C(F)(F)F)ccc1-n1cncn1. The number of nitrogens with zero attached hydrogens (tertiary/aromatic N) is 3. The Bertz CT molecular complexity index is 1190. The second-order valence-corrected chi connectivity index (χ2v) is 7.46. The highest BCUT2D eigenvalue weighted by Gasteiger charge is 2.31. The first kappa shape index (κ1) is 20.0. The number of anilines is 1. The van der Waals surface area contributed by atoms with Crippen LogP contribution < -0.4 is 5.32 Å². The summed E-state index contributed by atoms with van der Waals surface area (Å²) in [6, 6.07) is 16.8. The summed E-state index contributed by atoms with van der Waals surface area (Å²) in [4.78, 5) is 17.2. The van der Waals surface area contributed by atoms with E-state index in [0.717, 1.165) is 27.8 Å². The molecule has 0 aliphatic heterocycles. The van der Waals surface area contributed by atoms with E-state index in [1.165, 1.54) is 35.2 Å². The van der Waals surface area contributed by atoms with Gasteiger partial charge in [-0.2, -0.15) is 18.3 Å². The van der Waals surface area contributed by atoms with Crippen molar-refractivity contribution in [3.63, 3.8) is 0 Å². The Kier molecular flexibility index (Phi) is 5.45. The first-order valence-electron chi connectivity index (χ1n) is 8.88. The van der Waals surface area contributed by atoms with Crippen molar-refractivity contribution < 1.29 is 18.0 Å². The fourth-order valence-electron chi connectivity index (χ4n) is 2.94. The topological polar surface area (TPSA) is 59.8 Å². The van der Waals surface area contributed by atoms with Crippen LogP contribution in [0.2, 0.25) is 0 Å². The Balaban J connectivity index is 1.52. The highest BCUT2D eigenvalue weighted by atomic mass is 32.2. The lowest BCUT2D eigenvalue weighted by molar-refractivity contribution is -0.137. The number of alkyl halides is 3. The van der Waals surface area contributed by atoms with Crippen molar-refractivity contribution in [2.45, 2.75) is 11.1 Å². The number of carbonyl (C=O) groups is 1. The summed E-state index contributed by atoms with van der Waals surface area (Å²) in [5.74, 6) is -0.375. The van der Waals surface area contributed by atoms with E-state index in [4.69, 9.17) is 0 Å². The van der Waals surface area contributed by atoms with Gasteiger partial charge in [0, 0.05) is 4.90 Å². The zero-order chi connectivity index (χ0) is 21.1. The van der Waals surface area contributed by atoms with Gasteiger partial charge >= 0.3 is 6.18 Å². The van der Waals surface area contributed by atoms with Crippen LogP contribution in [0.4, 0.5) is 18.9 Å². The largest absolute Gasteiger partial charge is 0.416 e. The maximum atomic E-state index is 13.1. The molecule has 4 rings (SSSR count). The van der Waals surface area contributed by atoms with E-state index in [-0.39, 0.29) is 11.4 Å². The molecule has 1 amide bonds. The average Bonchev–Trinajstić information content (AvgIpc) is 3.26. The first-order chi connectivity index (χ1) is 14.4. The molecule has 0 saturated carbocycles. The quantitative estimate of drug-likeness (QED) is 0.446. The van der Waals surface area contributed by atoms with Gasteiger partial charge in [0.05, 0.1) is 22.7 Å². The molecule has 0 atom stereocenters. The van der Waals surface area contributed by atoms with Gasteiger partial charge in [-0.3, -0.25) is 4.79 Å². The Morgan fingerprint density at radius 2 is 1.83 bits per heavy atom. The molecule has 152 valence electrons. The van der Waals surface area contributed by atoms with Gasteiger partial charge in [0.2, 0.25) is 5.91 Å². The predicted octanol–water partition coefficient (Wildman–Crippen LogP) is 5.17. The number of rotatable bonds is 5. The standard InChI is InChI=1S/C21H15F3N4OS/c22-21(23,24)16-6-8-19(28-13-25-12-26-28)18(10-16)27-20(29)11-30-17-7-5-14-3-1-2-4-15(14)9-17/h1-10,12-13H,11H2,(H,27,29). The number of benzene rings is 3. The zero-order valence-electron chi connectivity index (χ0n) is 15.4. The third-order valence-electron chi connectivity index (χ3n) is 4.35. The van der Waals surface area contributed by atoms with E-state index >= 15 is 0 Å². The van der Waals surface area contributed by atoms with Crippen molar-refractivity contribution in [3.8, 4) is 5.69 Å².